The van der Waals surface area contributed by atoms with Crippen molar-refractivity contribution < 1.29 is 4.74 Å². The van der Waals surface area contributed by atoms with Gasteiger partial charge >= 0.3 is 0 Å². The maximum absolute atomic E-state index is 5.87. The van der Waals surface area contributed by atoms with Crippen molar-refractivity contribution in [1.29, 1.82) is 0 Å². The van der Waals surface area contributed by atoms with Crippen LogP contribution in [0.3, 0.4) is 0 Å². The van der Waals surface area contributed by atoms with Gasteiger partial charge in [0.1, 0.15) is 5.75 Å². The van der Waals surface area contributed by atoms with Gasteiger partial charge in [-0.1, -0.05) is 17.7 Å². The number of anilines is 1. The van der Waals surface area contributed by atoms with Gasteiger partial charge in [0.25, 0.3) is 0 Å². The molecule has 0 amide bonds. The standard InChI is InChI=1S/C14H13BrClNOS/c15-13-8-10(16)4-5-14(13)18-6-7-19-12-3-1-2-11(17)9-12/h1-5,8-9H,6-7,17H2. The summed E-state index contributed by atoms with van der Waals surface area (Å²) in [6.07, 6.45) is 0. The number of benzene rings is 2. The van der Waals surface area contributed by atoms with E-state index in [-0.39, 0.29) is 0 Å². The molecule has 19 heavy (non-hydrogen) atoms. The minimum absolute atomic E-state index is 0.625. The summed E-state index contributed by atoms with van der Waals surface area (Å²) in [5.74, 6) is 1.66. The number of ether oxygens (including phenoxy) is 1. The summed E-state index contributed by atoms with van der Waals surface area (Å²) < 4.78 is 6.56. The third kappa shape index (κ3) is 4.64. The molecule has 2 N–H and O–H groups in total. The lowest BCUT2D eigenvalue weighted by Gasteiger charge is -2.08. The van der Waals surface area contributed by atoms with E-state index in [4.69, 9.17) is 22.1 Å². The Balaban J connectivity index is 1.81. The Bertz CT molecular complexity index is 565. The van der Waals surface area contributed by atoms with Gasteiger partial charge in [0.2, 0.25) is 0 Å². The Morgan fingerprint density at radius 2 is 2.05 bits per heavy atom. The summed E-state index contributed by atoms with van der Waals surface area (Å²) in [7, 11) is 0. The lowest BCUT2D eigenvalue weighted by atomic mass is 10.3. The quantitative estimate of drug-likeness (QED) is 0.471. The van der Waals surface area contributed by atoms with Crippen molar-refractivity contribution in [3.63, 3.8) is 0 Å². The lowest BCUT2D eigenvalue weighted by Crippen LogP contribution is -2.00. The van der Waals surface area contributed by atoms with Gasteiger partial charge in [-0.05, 0) is 52.3 Å². The Morgan fingerprint density at radius 1 is 1.21 bits per heavy atom. The van der Waals surface area contributed by atoms with Crippen molar-refractivity contribution in [2.75, 3.05) is 18.1 Å². The molecule has 5 heteroatoms. The number of rotatable bonds is 5. The van der Waals surface area contributed by atoms with E-state index in [0.29, 0.717) is 11.6 Å². The number of hydrogen-bond acceptors (Lipinski definition) is 3. The smallest absolute Gasteiger partial charge is 0.133 e. The van der Waals surface area contributed by atoms with Crippen LogP contribution >= 0.6 is 39.3 Å². The third-order valence-corrected chi connectivity index (χ3v) is 4.17. The fourth-order valence-corrected chi connectivity index (χ4v) is 3.10. The van der Waals surface area contributed by atoms with Crippen LogP contribution in [0.5, 0.6) is 5.75 Å². The van der Waals surface area contributed by atoms with Crippen LogP contribution in [0.2, 0.25) is 5.02 Å². The molecule has 100 valence electrons. The first-order valence-electron chi connectivity index (χ1n) is 5.71. The van der Waals surface area contributed by atoms with E-state index >= 15 is 0 Å². The van der Waals surface area contributed by atoms with E-state index in [1.54, 1.807) is 11.8 Å². The molecular formula is C14H13BrClNOS. The van der Waals surface area contributed by atoms with Crippen molar-refractivity contribution in [2.24, 2.45) is 0 Å². The molecule has 0 aliphatic rings. The number of thioether (sulfide) groups is 1. The first-order valence-corrected chi connectivity index (χ1v) is 7.87. The molecular weight excluding hydrogens is 346 g/mol. The Kier molecular flexibility index (Phi) is 5.43. The topological polar surface area (TPSA) is 35.2 Å². The van der Waals surface area contributed by atoms with E-state index in [1.165, 1.54) is 0 Å². The summed E-state index contributed by atoms with van der Waals surface area (Å²) in [4.78, 5) is 1.15. The fraction of sp³-hybridized carbons (Fsp3) is 0.143. The van der Waals surface area contributed by atoms with Crippen molar-refractivity contribution in [2.45, 2.75) is 4.90 Å². The van der Waals surface area contributed by atoms with Crippen LogP contribution < -0.4 is 10.5 Å². The highest BCUT2D eigenvalue weighted by Crippen LogP contribution is 2.28. The molecule has 0 bridgehead atoms. The molecule has 0 heterocycles. The minimum atomic E-state index is 0.625. The summed E-state index contributed by atoms with van der Waals surface area (Å²) >= 11 is 11.0. The summed E-state index contributed by atoms with van der Waals surface area (Å²) in [5.41, 5.74) is 6.51. The second-order valence-corrected chi connectivity index (χ2v) is 6.30. The molecule has 0 saturated carbocycles. The lowest BCUT2D eigenvalue weighted by molar-refractivity contribution is 0.342. The highest BCUT2D eigenvalue weighted by Gasteiger charge is 2.02. The molecule has 2 nitrogen and oxygen atoms in total. The zero-order valence-corrected chi connectivity index (χ0v) is 13.3. The van der Waals surface area contributed by atoms with Crippen LogP contribution in [0.15, 0.2) is 51.8 Å². The molecule has 0 atom stereocenters. The zero-order chi connectivity index (χ0) is 13.7. The number of nitrogen functional groups attached to an aromatic ring is 1. The SMILES string of the molecule is Nc1cccc(SCCOc2ccc(Cl)cc2Br)c1. The molecule has 0 aromatic heterocycles. The molecule has 0 aliphatic carbocycles. The molecule has 0 aliphatic heterocycles. The number of hydrogen-bond donors (Lipinski definition) is 1. The fourth-order valence-electron chi connectivity index (χ4n) is 1.51. The molecule has 2 rings (SSSR count). The van der Waals surface area contributed by atoms with E-state index in [2.05, 4.69) is 15.9 Å². The predicted molar refractivity (Wildman–Crippen MR) is 86.2 cm³/mol. The first-order chi connectivity index (χ1) is 9.15. The normalized spacial score (nSPS) is 10.4. The first kappa shape index (κ1) is 14.6. The summed E-state index contributed by atoms with van der Waals surface area (Å²) in [6.45, 7) is 0.625. The van der Waals surface area contributed by atoms with Crippen LogP contribution in [0.1, 0.15) is 0 Å². The second kappa shape index (κ2) is 7.08. The van der Waals surface area contributed by atoms with Crippen LogP contribution in [-0.2, 0) is 0 Å². The molecule has 2 aromatic carbocycles. The molecule has 2 aromatic rings. The van der Waals surface area contributed by atoms with Gasteiger partial charge in [0, 0.05) is 21.4 Å². The van der Waals surface area contributed by atoms with Gasteiger partial charge in [-0.15, -0.1) is 11.8 Å². The van der Waals surface area contributed by atoms with Crippen LogP contribution in [0, 0.1) is 0 Å². The van der Waals surface area contributed by atoms with Gasteiger partial charge in [-0.2, -0.15) is 0 Å². The Labute approximate surface area is 130 Å². The maximum Gasteiger partial charge on any atom is 0.133 e. The summed E-state index contributed by atoms with van der Waals surface area (Å²) in [5, 5.41) is 0.688. The number of nitrogens with two attached hydrogens (primary N) is 1. The minimum Gasteiger partial charge on any atom is -0.492 e. The monoisotopic (exact) mass is 357 g/mol. The van der Waals surface area contributed by atoms with Gasteiger partial charge in [0.05, 0.1) is 11.1 Å². The third-order valence-electron chi connectivity index (χ3n) is 2.36. The van der Waals surface area contributed by atoms with E-state index in [0.717, 1.165) is 26.6 Å². The molecule has 0 radical (unpaired) electrons. The van der Waals surface area contributed by atoms with Crippen LogP contribution in [0.4, 0.5) is 5.69 Å². The Morgan fingerprint density at radius 3 is 2.79 bits per heavy atom. The predicted octanol–water partition coefficient (Wildman–Crippen LogP) is 4.86. The zero-order valence-electron chi connectivity index (χ0n) is 10.1. The van der Waals surface area contributed by atoms with E-state index in [1.807, 2.05) is 42.5 Å². The average molecular weight is 359 g/mol. The summed E-state index contributed by atoms with van der Waals surface area (Å²) in [6, 6.07) is 13.3. The maximum atomic E-state index is 5.87. The number of halogens is 2. The van der Waals surface area contributed by atoms with Crippen molar-refractivity contribution >= 4 is 45.0 Å². The molecule has 0 unspecified atom stereocenters. The van der Waals surface area contributed by atoms with E-state index < -0.39 is 0 Å². The molecule has 0 saturated heterocycles. The van der Waals surface area contributed by atoms with Gasteiger partial charge in [0.15, 0.2) is 0 Å². The van der Waals surface area contributed by atoms with Gasteiger partial charge in [-0.25, -0.2) is 0 Å². The highest BCUT2D eigenvalue weighted by molar-refractivity contribution is 9.10. The Hall–Kier alpha value is -0.840. The molecule has 0 fully saturated rings. The van der Waals surface area contributed by atoms with Gasteiger partial charge < -0.3 is 10.5 Å². The molecule has 0 spiro atoms. The second-order valence-electron chi connectivity index (χ2n) is 3.84. The largest absolute Gasteiger partial charge is 0.492 e. The highest BCUT2D eigenvalue weighted by atomic mass is 79.9. The average Bonchev–Trinajstić information content (AvgIpc) is 2.37. The van der Waals surface area contributed by atoms with Crippen LogP contribution in [-0.4, -0.2) is 12.4 Å². The van der Waals surface area contributed by atoms with E-state index in [9.17, 15) is 0 Å². The van der Waals surface area contributed by atoms with Crippen molar-refractivity contribution in [1.82, 2.24) is 0 Å². The van der Waals surface area contributed by atoms with Crippen LogP contribution in [0.25, 0.3) is 0 Å². The van der Waals surface area contributed by atoms with Crippen molar-refractivity contribution in [3.8, 4) is 5.75 Å². The van der Waals surface area contributed by atoms with Crippen molar-refractivity contribution in [3.05, 3.63) is 52.0 Å². The van der Waals surface area contributed by atoms with Gasteiger partial charge in [-0.3, -0.25) is 0 Å².